The van der Waals surface area contributed by atoms with Crippen molar-refractivity contribution >= 4 is 27.5 Å². The van der Waals surface area contributed by atoms with Gasteiger partial charge in [0, 0.05) is 21.1 Å². The van der Waals surface area contributed by atoms with Crippen molar-refractivity contribution in [1.29, 1.82) is 0 Å². The van der Waals surface area contributed by atoms with Crippen LogP contribution in [0.15, 0.2) is 46.9 Å². The first-order chi connectivity index (χ1) is 9.61. The molecule has 0 radical (unpaired) electrons. The van der Waals surface area contributed by atoms with E-state index < -0.39 is 0 Å². The third kappa shape index (κ3) is 3.81. The van der Waals surface area contributed by atoms with Gasteiger partial charge in [0.05, 0.1) is 0 Å². The third-order valence-corrected chi connectivity index (χ3v) is 4.05. The van der Waals surface area contributed by atoms with Crippen molar-refractivity contribution in [2.45, 2.75) is 19.4 Å². The molecule has 0 amide bonds. The van der Waals surface area contributed by atoms with Gasteiger partial charge in [0.25, 0.3) is 0 Å². The molecule has 4 heteroatoms. The van der Waals surface area contributed by atoms with E-state index in [0.717, 1.165) is 16.6 Å². The first-order valence-corrected chi connectivity index (χ1v) is 7.70. The molecule has 0 bridgehead atoms. The van der Waals surface area contributed by atoms with E-state index in [0.29, 0.717) is 17.0 Å². The molecule has 0 aromatic heterocycles. The van der Waals surface area contributed by atoms with Gasteiger partial charge >= 0.3 is 0 Å². The molecule has 1 N–H and O–H groups in total. The van der Waals surface area contributed by atoms with Crippen LogP contribution in [0, 0.1) is 5.82 Å². The van der Waals surface area contributed by atoms with Crippen LogP contribution in [0.3, 0.4) is 0 Å². The molecule has 0 aliphatic carbocycles. The van der Waals surface area contributed by atoms with E-state index in [1.807, 2.05) is 37.3 Å². The zero-order chi connectivity index (χ0) is 14.5. The van der Waals surface area contributed by atoms with Gasteiger partial charge in [0.2, 0.25) is 0 Å². The Bertz CT molecular complexity index is 568. The van der Waals surface area contributed by atoms with Gasteiger partial charge in [-0.15, -0.1) is 0 Å². The van der Waals surface area contributed by atoms with Crippen molar-refractivity contribution in [2.24, 2.45) is 0 Å². The normalized spacial score (nSPS) is 12.4. The molecule has 1 unspecified atom stereocenters. The lowest BCUT2D eigenvalue weighted by molar-refractivity contribution is 0.508. The number of nitrogens with one attached hydrogen (secondary N) is 1. The average Bonchev–Trinajstić information content (AvgIpc) is 2.38. The van der Waals surface area contributed by atoms with E-state index in [1.54, 1.807) is 6.07 Å². The van der Waals surface area contributed by atoms with E-state index in [4.69, 9.17) is 11.6 Å². The second kappa shape index (κ2) is 7.21. The maximum Gasteiger partial charge on any atom is 0.129 e. The molecule has 0 fully saturated rings. The highest BCUT2D eigenvalue weighted by Crippen LogP contribution is 2.29. The number of hydrogen-bond acceptors (Lipinski definition) is 1. The Morgan fingerprint density at radius 2 is 2.00 bits per heavy atom. The minimum absolute atomic E-state index is 0.0889. The predicted molar refractivity (Wildman–Crippen MR) is 85.7 cm³/mol. The van der Waals surface area contributed by atoms with E-state index in [9.17, 15) is 4.39 Å². The summed E-state index contributed by atoms with van der Waals surface area (Å²) in [5.74, 6) is -0.202. The van der Waals surface area contributed by atoms with Crippen molar-refractivity contribution < 1.29 is 4.39 Å². The average molecular weight is 357 g/mol. The van der Waals surface area contributed by atoms with E-state index in [-0.39, 0.29) is 11.9 Å². The van der Waals surface area contributed by atoms with Crippen molar-refractivity contribution in [1.82, 2.24) is 5.32 Å². The van der Waals surface area contributed by atoms with Crippen molar-refractivity contribution in [3.8, 4) is 0 Å². The monoisotopic (exact) mass is 355 g/mol. The van der Waals surface area contributed by atoms with Crippen LogP contribution >= 0.6 is 27.5 Å². The number of rotatable bonds is 5. The van der Waals surface area contributed by atoms with Gasteiger partial charge in [-0.05, 0) is 42.8 Å². The Morgan fingerprint density at radius 1 is 1.25 bits per heavy atom. The summed E-state index contributed by atoms with van der Waals surface area (Å²) in [4.78, 5) is 0. The molecule has 1 atom stereocenters. The van der Waals surface area contributed by atoms with Crippen LogP contribution in [0.25, 0.3) is 0 Å². The maximum absolute atomic E-state index is 14.1. The van der Waals surface area contributed by atoms with Gasteiger partial charge in [-0.25, -0.2) is 4.39 Å². The first kappa shape index (κ1) is 15.5. The smallest absolute Gasteiger partial charge is 0.129 e. The van der Waals surface area contributed by atoms with Crippen molar-refractivity contribution in [2.75, 3.05) is 6.54 Å². The fourth-order valence-electron chi connectivity index (χ4n) is 2.27. The molecule has 0 spiro atoms. The lowest BCUT2D eigenvalue weighted by Crippen LogP contribution is -2.24. The lowest BCUT2D eigenvalue weighted by Gasteiger charge is -2.20. The zero-order valence-electron chi connectivity index (χ0n) is 11.2. The molecule has 0 aliphatic heterocycles. The summed E-state index contributed by atoms with van der Waals surface area (Å²) in [6, 6.07) is 12.6. The molecule has 0 heterocycles. The molecule has 20 heavy (non-hydrogen) atoms. The largest absolute Gasteiger partial charge is 0.310 e. The minimum atomic E-state index is -0.202. The maximum atomic E-state index is 14.1. The summed E-state index contributed by atoms with van der Waals surface area (Å²) in [6.45, 7) is 2.78. The standard InChI is InChI=1S/C16H16BrClFN/c1-2-20-15(10-11-5-3-6-12(18)9-11)16-13(17)7-4-8-14(16)19/h3-9,15,20H,2,10H2,1H3. The second-order valence-corrected chi connectivity index (χ2v) is 5.87. The van der Waals surface area contributed by atoms with Crippen LogP contribution in [-0.4, -0.2) is 6.54 Å². The number of benzene rings is 2. The Hall–Kier alpha value is -0.900. The predicted octanol–water partition coefficient (Wildman–Crippen LogP) is 5.13. The van der Waals surface area contributed by atoms with Crippen LogP contribution in [0.4, 0.5) is 4.39 Å². The summed E-state index contributed by atoms with van der Waals surface area (Å²) < 4.78 is 14.9. The Morgan fingerprint density at radius 3 is 2.65 bits per heavy atom. The minimum Gasteiger partial charge on any atom is -0.310 e. The first-order valence-electron chi connectivity index (χ1n) is 6.53. The molecular weight excluding hydrogens is 341 g/mol. The highest BCUT2D eigenvalue weighted by Gasteiger charge is 2.18. The molecule has 2 aromatic rings. The Kier molecular flexibility index (Phi) is 5.58. The van der Waals surface area contributed by atoms with Crippen LogP contribution in [0.5, 0.6) is 0 Å². The van der Waals surface area contributed by atoms with Crippen LogP contribution in [0.1, 0.15) is 24.1 Å². The fraction of sp³-hybridized carbons (Fsp3) is 0.250. The summed E-state index contributed by atoms with van der Waals surface area (Å²) >= 11 is 9.45. The quantitative estimate of drug-likeness (QED) is 0.782. The highest BCUT2D eigenvalue weighted by molar-refractivity contribution is 9.10. The molecule has 2 rings (SSSR count). The van der Waals surface area contributed by atoms with Crippen LogP contribution in [-0.2, 0) is 6.42 Å². The summed E-state index contributed by atoms with van der Waals surface area (Å²) in [7, 11) is 0. The molecule has 106 valence electrons. The number of halogens is 3. The SMILES string of the molecule is CCNC(Cc1cccc(Cl)c1)c1c(F)cccc1Br. The van der Waals surface area contributed by atoms with Gasteiger partial charge in [0.1, 0.15) is 5.82 Å². The Balaban J connectivity index is 2.32. The van der Waals surface area contributed by atoms with Gasteiger partial charge in [0.15, 0.2) is 0 Å². The summed E-state index contributed by atoms with van der Waals surface area (Å²) in [6.07, 6.45) is 0.688. The van der Waals surface area contributed by atoms with Crippen LogP contribution in [0.2, 0.25) is 5.02 Å². The van der Waals surface area contributed by atoms with Crippen LogP contribution < -0.4 is 5.32 Å². The number of hydrogen-bond donors (Lipinski definition) is 1. The molecule has 0 saturated heterocycles. The second-order valence-electron chi connectivity index (χ2n) is 4.58. The number of likely N-dealkylation sites (N-methyl/N-ethyl adjacent to an activating group) is 1. The molecule has 2 aromatic carbocycles. The van der Waals surface area contributed by atoms with Gasteiger partial charge < -0.3 is 5.32 Å². The molecule has 0 saturated carbocycles. The van der Waals surface area contributed by atoms with Crippen molar-refractivity contribution in [3.05, 3.63) is 68.9 Å². The van der Waals surface area contributed by atoms with E-state index in [1.165, 1.54) is 6.07 Å². The van der Waals surface area contributed by atoms with Crippen molar-refractivity contribution in [3.63, 3.8) is 0 Å². The van der Waals surface area contributed by atoms with Gasteiger partial charge in [-0.3, -0.25) is 0 Å². The summed E-state index contributed by atoms with van der Waals surface area (Å²) in [5.41, 5.74) is 1.74. The molecule has 0 aliphatic rings. The summed E-state index contributed by atoms with van der Waals surface area (Å²) in [5, 5.41) is 4.03. The molecular formula is C16H16BrClFN. The highest BCUT2D eigenvalue weighted by atomic mass is 79.9. The third-order valence-electron chi connectivity index (χ3n) is 3.13. The van der Waals surface area contributed by atoms with E-state index >= 15 is 0 Å². The Labute approximate surface area is 132 Å². The molecule has 1 nitrogen and oxygen atoms in total. The lowest BCUT2D eigenvalue weighted by atomic mass is 9.98. The zero-order valence-corrected chi connectivity index (χ0v) is 13.5. The van der Waals surface area contributed by atoms with Gasteiger partial charge in [-0.2, -0.15) is 0 Å². The van der Waals surface area contributed by atoms with Gasteiger partial charge in [-0.1, -0.05) is 52.7 Å². The topological polar surface area (TPSA) is 12.0 Å². The fourth-order valence-corrected chi connectivity index (χ4v) is 3.10. The van der Waals surface area contributed by atoms with E-state index in [2.05, 4.69) is 21.2 Å².